The molecule has 2 nitrogen and oxygen atoms in total. The van der Waals surface area contributed by atoms with Crippen molar-refractivity contribution in [2.75, 3.05) is 6.54 Å². The van der Waals surface area contributed by atoms with Gasteiger partial charge in [-0.05, 0) is 56.0 Å². The average Bonchev–Trinajstić information content (AvgIpc) is 2.73. The molecule has 1 aliphatic heterocycles. The zero-order chi connectivity index (χ0) is 15.6. The van der Waals surface area contributed by atoms with E-state index in [2.05, 4.69) is 65.3 Å². The van der Waals surface area contributed by atoms with Crippen LogP contribution in [-0.4, -0.2) is 11.1 Å². The monoisotopic (exact) mass is 304 g/mol. The fraction of sp³-hybridized carbons (Fsp3) is 0.333. The quantitative estimate of drug-likeness (QED) is 0.766. The third-order valence-corrected chi connectivity index (χ3v) is 4.98. The molecule has 0 radical (unpaired) electrons. The molecule has 0 aliphatic carbocycles. The fourth-order valence-electron chi connectivity index (χ4n) is 3.81. The topological polar surface area (TPSA) is 17.0 Å². The van der Waals surface area contributed by atoms with Crippen molar-refractivity contribution in [1.82, 2.24) is 9.88 Å². The molecular weight excluding hydrogens is 280 g/mol. The number of aryl methyl sites for hydroxylation is 3. The summed E-state index contributed by atoms with van der Waals surface area (Å²) in [6.45, 7) is 5.39. The van der Waals surface area contributed by atoms with Crippen LogP contribution in [0.2, 0.25) is 0 Å². The molecule has 0 amide bonds. The third-order valence-electron chi connectivity index (χ3n) is 4.98. The lowest BCUT2D eigenvalue weighted by Crippen LogP contribution is -2.11. The maximum Gasteiger partial charge on any atom is 0.0486 e. The molecule has 2 heteroatoms. The standard InChI is InChI=1S/C21H24N2/c1-16-9-10-21-18(14-16)19-15-22-12-5-8-20(19)23(21)13-11-17-6-3-2-4-7-17/h2-4,6-7,9-10,14,22H,5,8,11-13,15H2,1H3. The summed E-state index contributed by atoms with van der Waals surface area (Å²) < 4.78 is 2.57. The van der Waals surface area contributed by atoms with E-state index in [0.717, 1.165) is 26.1 Å². The van der Waals surface area contributed by atoms with Gasteiger partial charge in [-0.25, -0.2) is 0 Å². The number of nitrogens with one attached hydrogen (secondary N) is 1. The zero-order valence-corrected chi connectivity index (χ0v) is 13.8. The molecule has 0 fully saturated rings. The first-order valence-corrected chi connectivity index (χ1v) is 8.68. The van der Waals surface area contributed by atoms with Crippen molar-refractivity contribution >= 4 is 10.9 Å². The fourth-order valence-corrected chi connectivity index (χ4v) is 3.81. The second-order valence-electron chi connectivity index (χ2n) is 6.61. The largest absolute Gasteiger partial charge is 0.344 e. The van der Waals surface area contributed by atoms with Gasteiger partial charge in [0.2, 0.25) is 0 Å². The van der Waals surface area contributed by atoms with E-state index in [0.29, 0.717) is 0 Å². The lowest BCUT2D eigenvalue weighted by atomic mass is 10.1. The van der Waals surface area contributed by atoms with Crippen LogP contribution < -0.4 is 5.32 Å². The average molecular weight is 304 g/mol. The molecule has 23 heavy (non-hydrogen) atoms. The van der Waals surface area contributed by atoms with Crippen LogP contribution in [0.3, 0.4) is 0 Å². The van der Waals surface area contributed by atoms with Gasteiger partial charge in [-0.3, -0.25) is 0 Å². The Kier molecular flexibility index (Phi) is 3.92. The van der Waals surface area contributed by atoms with Gasteiger partial charge in [-0.1, -0.05) is 42.0 Å². The molecule has 2 aromatic carbocycles. The molecule has 0 spiro atoms. The molecular formula is C21H24N2. The molecule has 0 unspecified atom stereocenters. The van der Waals surface area contributed by atoms with E-state index in [-0.39, 0.29) is 0 Å². The van der Waals surface area contributed by atoms with Crippen LogP contribution in [0.4, 0.5) is 0 Å². The van der Waals surface area contributed by atoms with E-state index in [1.807, 2.05) is 0 Å². The lowest BCUT2D eigenvalue weighted by Gasteiger charge is -2.11. The van der Waals surface area contributed by atoms with Crippen molar-refractivity contribution < 1.29 is 0 Å². The minimum atomic E-state index is 1.01. The molecule has 0 saturated carbocycles. The molecule has 0 saturated heterocycles. The van der Waals surface area contributed by atoms with E-state index in [9.17, 15) is 0 Å². The summed E-state index contributed by atoms with van der Waals surface area (Å²) in [6.07, 6.45) is 3.51. The predicted octanol–water partition coefficient (Wildman–Crippen LogP) is 4.23. The molecule has 3 aromatic rings. The Balaban J connectivity index is 1.76. The van der Waals surface area contributed by atoms with Crippen molar-refractivity contribution in [2.45, 2.75) is 39.3 Å². The first kappa shape index (κ1) is 14.5. The third kappa shape index (κ3) is 2.79. The SMILES string of the molecule is Cc1ccc2c(c1)c1c(n2CCc2ccccc2)CCCNC1. The van der Waals surface area contributed by atoms with Crippen LogP contribution in [0.15, 0.2) is 48.5 Å². The minimum Gasteiger partial charge on any atom is -0.344 e. The Hall–Kier alpha value is -2.06. The highest BCUT2D eigenvalue weighted by molar-refractivity contribution is 5.86. The normalized spacial score (nSPS) is 14.7. The summed E-state index contributed by atoms with van der Waals surface area (Å²) >= 11 is 0. The minimum absolute atomic E-state index is 1.01. The predicted molar refractivity (Wildman–Crippen MR) is 96.8 cm³/mol. The van der Waals surface area contributed by atoms with Crippen LogP contribution in [0.25, 0.3) is 10.9 Å². The van der Waals surface area contributed by atoms with Gasteiger partial charge in [0.15, 0.2) is 0 Å². The Morgan fingerprint density at radius 3 is 2.83 bits per heavy atom. The maximum atomic E-state index is 3.59. The number of rotatable bonds is 3. The van der Waals surface area contributed by atoms with Crippen LogP contribution >= 0.6 is 0 Å². The molecule has 118 valence electrons. The van der Waals surface area contributed by atoms with Crippen molar-refractivity contribution in [3.05, 3.63) is 70.9 Å². The Morgan fingerprint density at radius 1 is 1.09 bits per heavy atom. The van der Waals surface area contributed by atoms with Gasteiger partial charge in [0.1, 0.15) is 0 Å². The molecule has 2 heterocycles. The van der Waals surface area contributed by atoms with E-state index in [1.54, 1.807) is 5.69 Å². The second-order valence-corrected chi connectivity index (χ2v) is 6.61. The number of hydrogen-bond donors (Lipinski definition) is 1. The van der Waals surface area contributed by atoms with Crippen LogP contribution in [0.5, 0.6) is 0 Å². The number of benzene rings is 2. The van der Waals surface area contributed by atoms with Gasteiger partial charge in [-0.2, -0.15) is 0 Å². The highest BCUT2D eigenvalue weighted by Crippen LogP contribution is 2.29. The van der Waals surface area contributed by atoms with E-state index in [4.69, 9.17) is 0 Å². The van der Waals surface area contributed by atoms with Gasteiger partial charge in [0.05, 0.1) is 0 Å². The van der Waals surface area contributed by atoms with Gasteiger partial charge in [-0.15, -0.1) is 0 Å². The first-order chi connectivity index (χ1) is 11.3. The number of fused-ring (bicyclic) bond motifs is 3. The summed E-state index contributed by atoms with van der Waals surface area (Å²) in [4.78, 5) is 0. The lowest BCUT2D eigenvalue weighted by molar-refractivity contribution is 0.656. The van der Waals surface area contributed by atoms with Crippen molar-refractivity contribution in [3.63, 3.8) is 0 Å². The highest BCUT2D eigenvalue weighted by Gasteiger charge is 2.18. The number of nitrogens with zero attached hydrogens (tertiary/aromatic N) is 1. The number of aromatic nitrogens is 1. The molecule has 4 rings (SSSR count). The highest BCUT2D eigenvalue weighted by atomic mass is 15.0. The van der Waals surface area contributed by atoms with Crippen LogP contribution in [0, 0.1) is 6.92 Å². The van der Waals surface area contributed by atoms with E-state index >= 15 is 0 Å². The maximum absolute atomic E-state index is 3.59. The number of hydrogen-bond acceptors (Lipinski definition) is 1. The summed E-state index contributed by atoms with van der Waals surface area (Å²) in [7, 11) is 0. The molecule has 1 N–H and O–H groups in total. The Morgan fingerprint density at radius 2 is 1.96 bits per heavy atom. The van der Waals surface area contributed by atoms with Gasteiger partial charge >= 0.3 is 0 Å². The Labute approximate surface area is 138 Å². The molecule has 1 aromatic heterocycles. The molecule has 0 atom stereocenters. The Bertz CT molecular complexity index is 815. The van der Waals surface area contributed by atoms with E-state index < -0.39 is 0 Å². The van der Waals surface area contributed by atoms with Crippen molar-refractivity contribution in [2.24, 2.45) is 0 Å². The second kappa shape index (κ2) is 6.21. The first-order valence-electron chi connectivity index (χ1n) is 8.68. The summed E-state index contributed by atoms with van der Waals surface area (Å²) in [5.41, 5.74) is 7.24. The summed E-state index contributed by atoms with van der Waals surface area (Å²) in [5, 5.41) is 5.04. The van der Waals surface area contributed by atoms with Gasteiger partial charge in [0, 0.05) is 29.7 Å². The van der Waals surface area contributed by atoms with Crippen molar-refractivity contribution in [3.8, 4) is 0 Å². The summed E-state index contributed by atoms with van der Waals surface area (Å²) in [5.74, 6) is 0. The van der Waals surface area contributed by atoms with Crippen molar-refractivity contribution in [1.29, 1.82) is 0 Å². The smallest absolute Gasteiger partial charge is 0.0486 e. The van der Waals surface area contributed by atoms with Gasteiger partial charge < -0.3 is 9.88 Å². The molecule has 0 bridgehead atoms. The van der Waals surface area contributed by atoms with Crippen LogP contribution in [-0.2, 0) is 25.9 Å². The van der Waals surface area contributed by atoms with E-state index in [1.165, 1.54) is 40.4 Å². The molecule has 1 aliphatic rings. The van der Waals surface area contributed by atoms with Gasteiger partial charge in [0.25, 0.3) is 0 Å². The van der Waals surface area contributed by atoms with Crippen LogP contribution in [0.1, 0.15) is 28.8 Å². The summed E-state index contributed by atoms with van der Waals surface area (Å²) in [6, 6.07) is 17.7. The zero-order valence-electron chi connectivity index (χ0n) is 13.8.